The van der Waals surface area contributed by atoms with E-state index in [1.54, 1.807) is 17.2 Å². The zero-order valence-electron chi connectivity index (χ0n) is 20.1. The molecule has 0 unspecified atom stereocenters. The van der Waals surface area contributed by atoms with Gasteiger partial charge in [-0.2, -0.15) is 13.2 Å². The number of rotatable bonds is 3. The number of amides is 3. The second-order valence-electron chi connectivity index (χ2n) is 9.46. The molecule has 1 aromatic heterocycles. The third kappa shape index (κ3) is 4.73. The van der Waals surface area contributed by atoms with Crippen molar-refractivity contribution in [1.82, 2.24) is 15.1 Å². The Morgan fingerprint density at radius 1 is 1.16 bits per heavy atom. The lowest BCUT2D eigenvalue weighted by molar-refractivity contribution is -0.192. The summed E-state index contributed by atoms with van der Waals surface area (Å²) in [4.78, 5) is 51.8. The molecule has 12 heteroatoms. The summed E-state index contributed by atoms with van der Waals surface area (Å²) in [6, 6.07) is 11.2. The van der Waals surface area contributed by atoms with E-state index in [1.807, 2.05) is 37.3 Å². The van der Waals surface area contributed by atoms with Crippen LogP contribution in [0, 0.1) is 18.8 Å². The number of nitrogens with zero attached hydrogens (tertiary/aromatic N) is 2. The van der Waals surface area contributed by atoms with Gasteiger partial charge >= 0.3 is 12.1 Å². The second kappa shape index (κ2) is 9.66. The summed E-state index contributed by atoms with van der Waals surface area (Å²) < 4.78 is 37.2. The Labute approximate surface area is 210 Å². The molecule has 0 aliphatic carbocycles. The van der Waals surface area contributed by atoms with Crippen molar-refractivity contribution in [2.24, 2.45) is 11.8 Å². The lowest BCUT2D eigenvalue weighted by atomic mass is 9.74. The molecule has 4 heterocycles. The summed E-state index contributed by atoms with van der Waals surface area (Å²) in [5.41, 5.74) is 0.981. The van der Waals surface area contributed by atoms with Crippen LogP contribution in [0.15, 0.2) is 47.1 Å². The van der Waals surface area contributed by atoms with Gasteiger partial charge in [0.05, 0.1) is 24.6 Å². The highest BCUT2D eigenvalue weighted by atomic mass is 19.4. The first-order chi connectivity index (χ1) is 17.4. The molecule has 2 N–H and O–H groups in total. The van der Waals surface area contributed by atoms with Crippen LogP contribution in [0.1, 0.15) is 35.8 Å². The van der Waals surface area contributed by atoms with Crippen LogP contribution >= 0.6 is 0 Å². The Morgan fingerprint density at radius 3 is 2.38 bits per heavy atom. The van der Waals surface area contributed by atoms with Gasteiger partial charge in [0.1, 0.15) is 11.3 Å². The molecule has 1 spiro atoms. The molecule has 3 fully saturated rings. The van der Waals surface area contributed by atoms with E-state index in [9.17, 15) is 27.6 Å². The first-order valence-corrected chi connectivity index (χ1v) is 11.6. The molecule has 0 saturated carbocycles. The number of carboxylic acid groups (broad SMARTS) is 1. The number of halogens is 3. The molecule has 9 nitrogen and oxygen atoms in total. The van der Waals surface area contributed by atoms with Gasteiger partial charge in [-0.1, -0.05) is 29.8 Å². The minimum Gasteiger partial charge on any atom is -0.475 e. The number of carbonyl (C=O) groups excluding carboxylic acids is 3. The van der Waals surface area contributed by atoms with E-state index < -0.39 is 29.5 Å². The van der Waals surface area contributed by atoms with Gasteiger partial charge in [0.2, 0.25) is 17.7 Å². The molecule has 0 bridgehead atoms. The van der Waals surface area contributed by atoms with E-state index in [1.165, 1.54) is 11.9 Å². The van der Waals surface area contributed by atoms with Gasteiger partial charge < -0.3 is 14.4 Å². The van der Waals surface area contributed by atoms with Crippen molar-refractivity contribution in [2.75, 3.05) is 13.6 Å². The molecule has 4 atom stereocenters. The number of hydrogen-bond acceptors (Lipinski definition) is 6. The topological polar surface area (TPSA) is 120 Å². The number of furan rings is 1. The zero-order chi connectivity index (χ0) is 27.1. The fourth-order valence-corrected chi connectivity index (χ4v) is 5.41. The highest BCUT2D eigenvalue weighted by Crippen LogP contribution is 2.51. The minimum atomic E-state index is -5.08. The molecule has 2 aromatic rings. The Hall–Kier alpha value is -3.67. The third-order valence-electron chi connectivity index (χ3n) is 7.15. The standard InChI is InChI=1S/C23H25N3O4.C2HF3O2/c1-14-6-8-15(9-7-14)19-17-18(21(28)25(2)20(17)27)23(24-19)10-4-11-26(22(23)29)13-16-5-3-12-30-16;3-2(4,5)1(6)7/h3,5-9,12,17-19,24H,4,10-11,13H2,1-2H3;(H,6,7)/t17-,18-,19-,23-;/m1./s1. The van der Waals surface area contributed by atoms with Crippen LogP contribution in [0.4, 0.5) is 13.2 Å². The molecule has 3 saturated heterocycles. The lowest BCUT2D eigenvalue weighted by Crippen LogP contribution is -2.63. The molecule has 3 aliphatic rings. The maximum absolute atomic E-state index is 13.7. The number of nitrogens with one attached hydrogen (secondary N) is 1. The lowest BCUT2D eigenvalue weighted by Gasteiger charge is -2.42. The van der Waals surface area contributed by atoms with Crippen molar-refractivity contribution in [3.63, 3.8) is 0 Å². The average Bonchev–Trinajstić information content (AvgIpc) is 3.52. The highest BCUT2D eigenvalue weighted by Gasteiger charge is 2.68. The Balaban J connectivity index is 0.000000405. The van der Waals surface area contributed by atoms with E-state index in [4.69, 9.17) is 14.3 Å². The van der Waals surface area contributed by atoms with E-state index in [0.29, 0.717) is 25.3 Å². The molecule has 198 valence electrons. The van der Waals surface area contributed by atoms with Gasteiger partial charge in [-0.15, -0.1) is 0 Å². The smallest absolute Gasteiger partial charge is 0.475 e. The van der Waals surface area contributed by atoms with Gasteiger partial charge in [-0.05, 0) is 37.5 Å². The average molecular weight is 521 g/mol. The van der Waals surface area contributed by atoms with Crippen molar-refractivity contribution < 1.29 is 41.9 Å². The fraction of sp³-hybridized carbons (Fsp3) is 0.440. The first-order valence-electron chi connectivity index (χ1n) is 11.6. The van der Waals surface area contributed by atoms with Gasteiger partial charge in [0, 0.05) is 19.6 Å². The largest absolute Gasteiger partial charge is 0.490 e. The number of piperidine rings is 1. The van der Waals surface area contributed by atoms with Crippen molar-refractivity contribution in [3.8, 4) is 0 Å². The molecule has 0 radical (unpaired) electrons. The van der Waals surface area contributed by atoms with Gasteiger partial charge in [0.25, 0.3) is 0 Å². The highest BCUT2D eigenvalue weighted by molar-refractivity contribution is 6.10. The summed E-state index contributed by atoms with van der Waals surface area (Å²) in [6.45, 7) is 2.97. The quantitative estimate of drug-likeness (QED) is 0.596. The van der Waals surface area contributed by atoms with Crippen molar-refractivity contribution in [2.45, 2.75) is 44.1 Å². The van der Waals surface area contributed by atoms with Crippen LogP contribution in [-0.2, 0) is 25.7 Å². The maximum atomic E-state index is 13.7. The number of aryl methyl sites for hydroxylation is 1. The van der Waals surface area contributed by atoms with Crippen LogP contribution in [0.2, 0.25) is 0 Å². The minimum absolute atomic E-state index is 0.119. The summed E-state index contributed by atoms with van der Waals surface area (Å²) in [5.74, 6) is -3.91. The maximum Gasteiger partial charge on any atom is 0.490 e. The number of hydrogen-bond donors (Lipinski definition) is 2. The number of alkyl halides is 3. The molecule has 3 amide bonds. The summed E-state index contributed by atoms with van der Waals surface area (Å²) in [6.07, 6.45) is -2.20. The van der Waals surface area contributed by atoms with Crippen molar-refractivity contribution >= 4 is 23.7 Å². The van der Waals surface area contributed by atoms with E-state index in [0.717, 1.165) is 17.5 Å². The summed E-state index contributed by atoms with van der Waals surface area (Å²) >= 11 is 0. The van der Waals surface area contributed by atoms with Crippen molar-refractivity contribution in [1.29, 1.82) is 0 Å². The van der Waals surface area contributed by atoms with Crippen molar-refractivity contribution in [3.05, 3.63) is 59.5 Å². The van der Waals surface area contributed by atoms with Crippen LogP contribution in [0.25, 0.3) is 0 Å². The number of aliphatic carboxylic acids is 1. The summed E-state index contributed by atoms with van der Waals surface area (Å²) in [5, 5.41) is 10.6. The predicted octanol–water partition coefficient (Wildman–Crippen LogP) is 2.66. The van der Waals surface area contributed by atoms with Crippen LogP contribution < -0.4 is 5.32 Å². The number of imide groups is 1. The van der Waals surface area contributed by atoms with Gasteiger partial charge in [-0.25, -0.2) is 4.79 Å². The monoisotopic (exact) mass is 521 g/mol. The first kappa shape index (κ1) is 26.4. The molecular formula is C25H26F3N3O6. The predicted molar refractivity (Wildman–Crippen MR) is 122 cm³/mol. The van der Waals surface area contributed by atoms with Crippen LogP contribution in [0.3, 0.4) is 0 Å². The Bertz CT molecular complexity index is 1200. The number of carboxylic acids is 1. The van der Waals surface area contributed by atoms with Crippen LogP contribution in [0.5, 0.6) is 0 Å². The zero-order valence-corrected chi connectivity index (χ0v) is 20.1. The number of benzene rings is 1. The molecular weight excluding hydrogens is 495 g/mol. The van der Waals surface area contributed by atoms with Gasteiger partial charge in [0.15, 0.2) is 0 Å². The number of carbonyl (C=O) groups is 4. The second-order valence-corrected chi connectivity index (χ2v) is 9.46. The molecule has 3 aliphatic heterocycles. The Morgan fingerprint density at radius 2 is 1.81 bits per heavy atom. The van der Waals surface area contributed by atoms with E-state index in [2.05, 4.69) is 5.32 Å². The Kier molecular flexibility index (Phi) is 6.89. The molecule has 37 heavy (non-hydrogen) atoms. The molecule has 1 aromatic carbocycles. The SMILES string of the molecule is Cc1ccc([C@H]2N[C@]3(CCCN(Cc4ccco4)C3=O)[C@H]3C(=O)N(C)C(=O)[C@@H]23)cc1.O=C(O)C(F)(F)F. The summed E-state index contributed by atoms with van der Waals surface area (Å²) in [7, 11) is 1.52. The fourth-order valence-electron chi connectivity index (χ4n) is 5.41. The third-order valence-corrected chi connectivity index (χ3v) is 7.15. The number of likely N-dealkylation sites (tertiary alicyclic amines) is 2. The van der Waals surface area contributed by atoms with Gasteiger partial charge in [-0.3, -0.25) is 24.6 Å². The van der Waals surface area contributed by atoms with E-state index in [-0.39, 0.29) is 23.8 Å². The normalized spacial score (nSPS) is 27.4. The van der Waals surface area contributed by atoms with E-state index >= 15 is 0 Å². The number of fused-ring (bicyclic) bond motifs is 2. The molecule has 5 rings (SSSR count). The van der Waals surface area contributed by atoms with Crippen LogP contribution in [-0.4, -0.2) is 63.9 Å².